The Morgan fingerprint density at radius 1 is 0.879 bits per heavy atom. The second kappa shape index (κ2) is 8.57. The molecule has 1 aromatic heterocycles. The van der Waals surface area contributed by atoms with Crippen LogP contribution in [0, 0.1) is 20.8 Å². The Morgan fingerprint density at radius 2 is 1.48 bits per heavy atom. The minimum atomic E-state index is -3.81. The standard InChI is InChI=1S/C26H27N3O3S/c1-17-10-12-22(13-11-17)33(31,32)28(5)20(4)25-27-24-9-7-6-8-23(24)26(30)29(25)21-15-18(2)14-19(3)16-21/h6-16,20H,1-5H3. The number of rotatable bonds is 5. The number of benzene rings is 3. The first kappa shape index (κ1) is 22.9. The third kappa shape index (κ3) is 4.21. The van der Waals surface area contributed by atoms with Gasteiger partial charge in [-0.05, 0) is 75.2 Å². The molecule has 0 spiro atoms. The smallest absolute Gasteiger partial charge is 0.266 e. The predicted octanol–water partition coefficient (Wildman–Crippen LogP) is 4.69. The van der Waals surface area contributed by atoms with E-state index in [4.69, 9.17) is 4.98 Å². The highest BCUT2D eigenvalue weighted by Gasteiger charge is 2.30. The topological polar surface area (TPSA) is 72.3 Å². The van der Waals surface area contributed by atoms with E-state index in [1.165, 1.54) is 15.9 Å². The first-order valence-corrected chi connectivity index (χ1v) is 12.2. The minimum Gasteiger partial charge on any atom is -0.268 e. The van der Waals surface area contributed by atoms with Gasteiger partial charge in [0.15, 0.2) is 0 Å². The van der Waals surface area contributed by atoms with E-state index in [9.17, 15) is 13.2 Å². The van der Waals surface area contributed by atoms with Crippen LogP contribution in [0.25, 0.3) is 16.6 Å². The van der Waals surface area contributed by atoms with Crippen LogP contribution in [0.5, 0.6) is 0 Å². The Hall–Kier alpha value is -3.29. The number of para-hydroxylation sites is 1. The Bertz CT molecular complexity index is 1490. The normalized spacial score (nSPS) is 12.9. The second-order valence-corrected chi connectivity index (χ2v) is 10.5. The van der Waals surface area contributed by atoms with Crippen LogP contribution in [0.2, 0.25) is 0 Å². The van der Waals surface area contributed by atoms with E-state index < -0.39 is 16.1 Å². The second-order valence-electron chi connectivity index (χ2n) is 8.48. The fourth-order valence-electron chi connectivity index (χ4n) is 4.01. The van der Waals surface area contributed by atoms with Crippen LogP contribution >= 0.6 is 0 Å². The Balaban J connectivity index is 1.94. The number of fused-ring (bicyclic) bond motifs is 1. The summed E-state index contributed by atoms with van der Waals surface area (Å²) in [6.07, 6.45) is 0. The van der Waals surface area contributed by atoms with Crippen LogP contribution in [0.4, 0.5) is 0 Å². The van der Waals surface area contributed by atoms with Crippen LogP contribution in [0.3, 0.4) is 0 Å². The number of aromatic nitrogens is 2. The van der Waals surface area contributed by atoms with Gasteiger partial charge in [-0.2, -0.15) is 4.31 Å². The number of hydrogen-bond acceptors (Lipinski definition) is 4. The van der Waals surface area contributed by atoms with E-state index in [-0.39, 0.29) is 10.5 Å². The summed E-state index contributed by atoms with van der Waals surface area (Å²) in [4.78, 5) is 18.6. The summed E-state index contributed by atoms with van der Waals surface area (Å²) in [5.74, 6) is 0.363. The molecule has 4 aromatic rings. The summed E-state index contributed by atoms with van der Waals surface area (Å²) in [6.45, 7) is 7.59. The molecule has 0 aliphatic rings. The lowest BCUT2D eigenvalue weighted by Gasteiger charge is -2.26. The third-order valence-electron chi connectivity index (χ3n) is 5.88. The first-order chi connectivity index (χ1) is 15.6. The molecule has 0 bridgehead atoms. The molecule has 3 aromatic carbocycles. The summed E-state index contributed by atoms with van der Waals surface area (Å²) in [7, 11) is -2.29. The maximum atomic E-state index is 13.6. The zero-order valence-electron chi connectivity index (χ0n) is 19.4. The van der Waals surface area contributed by atoms with Crippen molar-refractivity contribution in [2.45, 2.75) is 38.6 Å². The van der Waals surface area contributed by atoms with E-state index in [0.29, 0.717) is 22.4 Å². The molecule has 0 N–H and O–H groups in total. The first-order valence-electron chi connectivity index (χ1n) is 10.7. The molecular weight excluding hydrogens is 434 g/mol. The van der Waals surface area contributed by atoms with E-state index in [2.05, 4.69) is 0 Å². The van der Waals surface area contributed by atoms with Gasteiger partial charge in [0.1, 0.15) is 5.82 Å². The Morgan fingerprint density at radius 3 is 2.12 bits per heavy atom. The van der Waals surface area contributed by atoms with E-state index in [0.717, 1.165) is 16.7 Å². The lowest BCUT2D eigenvalue weighted by atomic mass is 10.1. The molecule has 7 heteroatoms. The van der Waals surface area contributed by atoms with Gasteiger partial charge in [-0.3, -0.25) is 9.36 Å². The lowest BCUT2D eigenvalue weighted by molar-refractivity contribution is 0.379. The molecule has 0 saturated carbocycles. The molecule has 0 amide bonds. The fourth-order valence-corrected chi connectivity index (χ4v) is 5.33. The van der Waals surface area contributed by atoms with Gasteiger partial charge in [0.25, 0.3) is 5.56 Å². The van der Waals surface area contributed by atoms with Crippen LogP contribution in [-0.2, 0) is 10.0 Å². The number of sulfonamides is 1. The summed E-state index contributed by atoms with van der Waals surface area (Å²) in [6, 6.07) is 19.0. The molecule has 0 aliphatic heterocycles. The molecule has 4 rings (SSSR count). The summed E-state index contributed by atoms with van der Waals surface area (Å²) >= 11 is 0. The van der Waals surface area contributed by atoms with Gasteiger partial charge in [0.2, 0.25) is 10.0 Å². The van der Waals surface area contributed by atoms with Gasteiger partial charge in [0.05, 0.1) is 27.5 Å². The van der Waals surface area contributed by atoms with Gasteiger partial charge in [0, 0.05) is 7.05 Å². The molecular formula is C26H27N3O3S. The van der Waals surface area contributed by atoms with Gasteiger partial charge in [-0.1, -0.05) is 35.9 Å². The minimum absolute atomic E-state index is 0.198. The lowest BCUT2D eigenvalue weighted by Crippen LogP contribution is -2.35. The number of aryl methyl sites for hydroxylation is 3. The predicted molar refractivity (Wildman–Crippen MR) is 131 cm³/mol. The maximum absolute atomic E-state index is 13.6. The van der Waals surface area contributed by atoms with Crippen molar-refractivity contribution in [3.63, 3.8) is 0 Å². The van der Waals surface area contributed by atoms with Gasteiger partial charge in [-0.15, -0.1) is 0 Å². The third-order valence-corrected chi connectivity index (χ3v) is 7.83. The molecule has 1 atom stereocenters. The highest BCUT2D eigenvalue weighted by molar-refractivity contribution is 7.89. The van der Waals surface area contributed by atoms with Crippen LogP contribution in [0.1, 0.15) is 35.5 Å². The van der Waals surface area contributed by atoms with Gasteiger partial charge in [-0.25, -0.2) is 13.4 Å². The van der Waals surface area contributed by atoms with Crippen LogP contribution in [-0.4, -0.2) is 29.3 Å². The van der Waals surface area contributed by atoms with Crippen molar-refractivity contribution in [2.24, 2.45) is 0 Å². The summed E-state index contributed by atoms with van der Waals surface area (Å²) in [5.41, 5.74) is 3.96. The van der Waals surface area contributed by atoms with Crippen molar-refractivity contribution in [1.82, 2.24) is 13.9 Å². The van der Waals surface area contributed by atoms with E-state index >= 15 is 0 Å². The van der Waals surface area contributed by atoms with Crippen molar-refractivity contribution in [3.8, 4) is 5.69 Å². The zero-order valence-corrected chi connectivity index (χ0v) is 20.2. The van der Waals surface area contributed by atoms with Crippen molar-refractivity contribution < 1.29 is 8.42 Å². The maximum Gasteiger partial charge on any atom is 0.266 e. The molecule has 1 heterocycles. The molecule has 170 valence electrons. The van der Waals surface area contributed by atoms with Crippen molar-refractivity contribution >= 4 is 20.9 Å². The SMILES string of the molecule is Cc1ccc(S(=O)(=O)N(C)C(C)c2nc3ccccc3c(=O)n2-c2cc(C)cc(C)c2)cc1. The largest absolute Gasteiger partial charge is 0.268 e. The molecule has 0 radical (unpaired) electrons. The zero-order chi connectivity index (χ0) is 23.9. The quantitative estimate of drug-likeness (QED) is 0.432. The average molecular weight is 462 g/mol. The van der Waals surface area contributed by atoms with Crippen molar-refractivity contribution in [2.75, 3.05) is 7.05 Å². The van der Waals surface area contributed by atoms with E-state index in [1.54, 1.807) is 49.4 Å². The van der Waals surface area contributed by atoms with Gasteiger partial charge >= 0.3 is 0 Å². The summed E-state index contributed by atoms with van der Waals surface area (Å²) < 4.78 is 29.6. The van der Waals surface area contributed by atoms with E-state index in [1.807, 2.05) is 45.0 Å². The molecule has 6 nitrogen and oxygen atoms in total. The van der Waals surface area contributed by atoms with Crippen molar-refractivity contribution in [3.05, 3.63) is 99.6 Å². The van der Waals surface area contributed by atoms with Gasteiger partial charge < -0.3 is 0 Å². The summed E-state index contributed by atoms with van der Waals surface area (Å²) in [5, 5.41) is 0.483. The Labute approximate surface area is 194 Å². The molecule has 0 fully saturated rings. The van der Waals surface area contributed by atoms with Crippen LogP contribution < -0.4 is 5.56 Å². The average Bonchev–Trinajstić information content (AvgIpc) is 2.77. The highest BCUT2D eigenvalue weighted by atomic mass is 32.2. The molecule has 1 unspecified atom stereocenters. The fraction of sp³-hybridized carbons (Fsp3) is 0.231. The monoisotopic (exact) mass is 461 g/mol. The number of hydrogen-bond donors (Lipinski definition) is 0. The molecule has 0 aliphatic carbocycles. The molecule has 33 heavy (non-hydrogen) atoms. The molecule has 0 saturated heterocycles. The highest BCUT2D eigenvalue weighted by Crippen LogP contribution is 2.27. The number of nitrogens with zero attached hydrogens (tertiary/aromatic N) is 3. The Kier molecular flexibility index (Phi) is 5.95. The van der Waals surface area contributed by atoms with Crippen LogP contribution in [0.15, 0.2) is 76.4 Å². The van der Waals surface area contributed by atoms with Crippen molar-refractivity contribution in [1.29, 1.82) is 0 Å².